The predicted molar refractivity (Wildman–Crippen MR) is 76.3 cm³/mol. The minimum Gasteiger partial charge on any atom is -0.293 e. The summed E-state index contributed by atoms with van der Waals surface area (Å²) < 4.78 is 49.8. The lowest BCUT2D eigenvalue weighted by molar-refractivity contribution is 0.0986. The molecule has 112 valence electrons. The summed E-state index contributed by atoms with van der Waals surface area (Å²) in [5.41, 5.74) is 0. The van der Waals surface area contributed by atoms with Gasteiger partial charge in [-0.15, -0.1) is 11.3 Å². The maximum Gasteiger partial charge on any atom is 0.178 e. The summed E-state index contributed by atoms with van der Waals surface area (Å²) in [4.78, 5) is 12.0. The molecule has 0 aliphatic heterocycles. The van der Waals surface area contributed by atoms with Gasteiger partial charge in [0, 0.05) is 6.42 Å². The number of rotatable bonds is 6. The number of ketones is 1. The first-order chi connectivity index (χ1) is 9.90. The van der Waals surface area contributed by atoms with E-state index in [0.717, 1.165) is 12.1 Å². The van der Waals surface area contributed by atoms with Crippen LogP contribution in [0, 0.1) is 11.6 Å². The molecular weight excluding hydrogens is 318 g/mol. The van der Waals surface area contributed by atoms with E-state index in [1.54, 1.807) is 17.5 Å². The second-order valence-electron chi connectivity index (χ2n) is 4.40. The molecule has 0 N–H and O–H groups in total. The molecule has 3 nitrogen and oxygen atoms in total. The fraction of sp³-hybridized carbons (Fsp3) is 0.214. The zero-order chi connectivity index (χ0) is 15.5. The van der Waals surface area contributed by atoms with Crippen molar-refractivity contribution in [2.75, 3.05) is 5.75 Å². The summed E-state index contributed by atoms with van der Waals surface area (Å²) in [7, 11) is -3.72. The molecule has 2 aromatic rings. The number of carbonyl (C=O) groups excluding carboxylic acids is 1. The van der Waals surface area contributed by atoms with Crippen LogP contribution in [0.4, 0.5) is 8.78 Å². The van der Waals surface area contributed by atoms with Gasteiger partial charge in [0.2, 0.25) is 0 Å². The van der Waals surface area contributed by atoms with Crippen LogP contribution in [-0.2, 0) is 9.84 Å². The highest BCUT2D eigenvalue weighted by atomic mass is 32.2. The van der Waals surface area contributed by atoms with E-state index >= 15 is 0 Å². The van der Waals surface area contributed by atoms with Gasteiger partial charge in [0.25, 0.3) is 0 Å². The number of sulfone groups is 1. The molecule has 0 saturated carbocycles. The van der Waals surface area contributed by atoms with Gasteiger partial charge < -0.3 is 0 Å². The van der Waals surface area contributed by atoms with Gasteiger partial charge in [-0.3, -0.25) is 4.79 Å². The molecule has 1 aromatic heterocycles. The quantitative estimate of drug-likeness (QED) is 0.602. The first kappa shape index (κ1) is 15.8. The smallest absolute Gasteiger partial charge is 0.178 e. The molecule has 2 rings (SSSR count). The summed E-state index contributed by atoms with van der Waals surface area (Å²) in [5.74, 6) is -2.70. The fourth-order valence-electron chi connectivity index (χ4n) is 1.77. The second-order valence-corrected chi connectivity index (χ2v) is 7.46. The highest BCUT2D eigenvalue weighted by molar-refractivity contribution is 7.91. The molecule has 0 aliphatic carbocycles. The Bertz CT molecular complexity index is 738. The molecule has 0 unspecified atom stereocenters. The Hall–Kier alpha value is -1.60. The van der Waals surface area contributed by atoms with Gasteiger partial charge in [-0.2, -0.15) is 0 Å². The first-order valence-corrected chi connectivity index (χ1v) is 8.68. The third-order valence-corrected chi connectivity index (χ3v) is 5.57. The Morgan fingerprint density at radius 3 is 2.52 bits per heavy atom. The van der Waals surface area contributed by atoms with Crippen LogP contribution in [0.1, 0.15) is 22.5 Å². The number of Topliss-reactive ketones (excluding diaryl/α,β-unsaturated/α-hetero) is 1. The molecule has 21 heavy (non-hydrogen) atoms. The van der Waals surface area contributed by atoms with E-state index in [4.69, 9.17) is 0 Å². The number of hydrogen-bond acceptors (Lipinski definition) is 4. The van der Waals surface area contributed by atoms with Crippen LogP contribution >= 0.6 is 11.3 Å². The van der Waals surface area contributed by atoms with E-state index in [0.29, 0.717) is 10.9 Å². The highest BCUT2D eigenvalue weighted by Crippen LogP contribution is 2.18. The van der Waals surface area contributed by atoms with Gasteiger partial charge in [0.05, 0.1) is 15.5 Å². The molecule has 0 bridgehead atoms. The van der Waals surface area contributed by atoms with Crippen LogP contribution < -0.4 is 0 Å². The Morgan fingerprint density at radius 2 is 1.90 bits per heavy atom. The second kappa shape index (κ2) is 6.44. The monoisotopic (exact) mass is 330 g/mol. The van der Waals surface area contributed by atoms with Crippen molar-refractivity contribution in [3.8, 4) is 0 Å². The third kappa shape index (κ3) is 3.95. The molecule has 0 spiro atoms. The molecular formula is C14H12F2O3S2. The molecule has 0 fully saturated rings. The van der Waals surface area contributed by atoms with Gasteiger partial charge in [0.1, 0.15) is 0 Å². The lowest BCUT2D eigenvalue weighted by Gasteiger charge is -2.04. The molecule has 0 aliphatic rings. The largest absolute Gasteiger partial charge is 0.293 e. The van der Waals surface area contributed by atoms with E-state index in [9.17, 15) is 22.0 Å². The van der Waals surface area contributed by atoms with E-state index in [-0.39, 0.29) is 29.3 Å². The van der Waals surface area contributed by atoms with E-state index in [1.165, 1.54) is 11.3 Å². The molecule has 7 heteroatoms. The zero-order valence-electron chi connectivity index (χ0n) is 10.9. The first-order valence-electron chi connectivity index (χ1n) is 6.14. The Kier molecular flexibility index (Phi) is 4.84. The topological polar surface area (TPSA) is 51.2 Å². The van der Waals surface area contributed by atoms with Crippen molar-refractivity contribution in [1.82, 2.24) is 0 Å². The minimum absolute atomic E-state index is 0.101. The van der Waals surface area contributed by atoms with Crippen molar-refractivity contribution >= 4 is 27.0 Å². The Labute approximate surface area is 125 Å². The molecule has 0 radical (unpaired) electrons. The number of halogens is 2. The highest BCUT2D eigenvalue weighted by Gasteiger charge is 2.17. The van der Waals surface area contributed by atoms with Crippen LogP contribution in [0.3, 0.4) is 0 Å². The molecule has 0 saturated heterocycles. The summed E-state index contributed by atoms with van der Waals surface area (Å²) >= 11 is 1.30. The van der Waals surface area contributed by atoms with Gasteiger partial charge in [-0.05, 0) is 36.1 Å². The lowest BCUT2D eigenvalue weighted by Crippen LogP contribution is -2.09. The predicted octanol–water partition coefficient (Wildman–Crippen LogP) is 3.46. The third-order valence-electron chi connectivity index (χ3n) is 2.86. The summed E-state index contributed by atoms with van der Waals surface area (Å²) in [6, 6.07) is 5.88. The molecule has 1 aromatic carbocycles. The van der Waals surface area contributed by atoms with Crippen LogP contribution in [0.15, 0.2) is 40.6 Å². The summed E-state index contributed by atoms with van der Waals surface area (Å²) in [6.07, 6.45) is 0.238. The van der Waals surface area contributed by atoms with E-state index in [1.807, 2.05) is 0 Å². The number of thiophene rings is 1. The minimum atomic E-state index is -3.72. The summed E-state index contributed by atoms with van der Waals surface area (Å²) in [5, 5.41) is 1.77. The number of carbonyl (C=O) groups is 1. The number of benzene rings is 1. The Balaban J connectivity index is 1.98. The zero-order valence-corrected chi connectivity index (χ0v) is 12.5. The van der Waals surface area contributed by atoms with Gasteiger partial charge in [-0.1, -0.05) is 6.07 Å². The molecule has 1 heterocycles. The van der Waals surface area contributed by atoms with Crippen molar-refractivity contribution in [1.29, 1.82) is 0 Å². The van der Waals surface area contributed by atoms with Crippen molar-refractivity contribution in [2.24, 2.45) is 0 Å². The normalized spacial score (nSPS) is 11.5. The Morgan fingerprint density at radius 1 is 1.14 bits per heavy atom. The lowest BCUT2D eigenvalue weighted by atomic mass is 10.2. The van der Waals surface area contributed by atoms with Crippen LogP contribution in [-0.4, -0.2) is 20.0 Å². The van der Waals surface area contributed by atoms with Crippen LogP contribution in [0.25, 0.3) is 0 Å². The van der Waals surface area contributed by atoms with Crippen molar-refractivity contribution in [3.05, 3.63) is 52.2 Å². The van der Waals surface area contributed by atoms with Gasteiger partial charge in [-0.25, -0.2) is 17.2 Å². The summed E-state index contributed by atoms with van der Waals surface area (Å²) in [6.45, 7) is 0. The maximum absolute atomic E-state index is 13.1. The average Bonchev–Trinajstić information content (AvgIpc) is 2.95. The fourth-order valence-corrected chi connectivity index (χ4v) is 3.78. The van der Waals surface area contributed by atoms with E-state index < -0.39 is 21.5 Å². The van der Waals surface area contributed by atoms with Crippen LogP contribution in [0.2, 0.25) is 0 Å². The van der Waals surface area contributed by atoms with Gasteiger partial charge in [0.15, 0.2) is 27.3 Å². The number of hydrogen-bond donors (Lipinski definition) is 0. The average molecular weight is 330 g/mol. The van der Waals surface area contributed by atoms with Crippen molar-refractivity contribution < 1.29 is 22.0 Å². The SMILES string of the molecule is O=C(CCCS(=O)(=O)c1ccc(F)c(F)c1)c1cccs1. The van der Waals surface area contributed by atoms with E-state index in [2.05, 4.69) is 0 Å². The standard InChI is InChI=1S/C14H12F2O3S2/c15-11-6-5-10(9-12(11)16)21(18,19)8-2-3-13(17)14-4-1-7-20-14/h1,4-7,9H,2-3,8H2. The molecule has 0 amide bonds. The van der Waals surface area contributed by atoms with Crippen LogP contribution in [0.5, 0.6) is 0 Å². The van der Waals surface area contributed by atoms with Crippen molar-refractivity contribution in [2.45, 2.75) is 17.7 Å². The molecule has 0 atom stereocenters. The van der Waals surface area contributed by atoms with Crippen molar-refractivity contribution in [3.63, 3.8) is 0 Å². The van der Waals surface area contributed by atoms with Gasteiger partial charge >= 0.3 is 0 Å². The maximum atomic E-state index is 13.1.